The lowest BCUT2D eigenvalue weighted by molar-refractivity contribution is -0.152. The van der Waals surface area contributed by atoms with Gasteiger partial charge in [0.2, 0.25) is 5.91 Å². The maximum atomic E-state index is 14.3. The number of pyridine rings is 1. The minimum Gasteiger partial charge on any atom is -0.480 e. The van der Waals surface area contributed by atoms with Crippen LogP contribution in [-0.2, 0) is 9.59 Å². The number of aryl methyl sites for hydroxylation is 1. The second kappa shape index (κ2) is 10.9. The Labute approximate surface area is 221 Å². The molecule has 3 aromatic rings. The van der Waals surface area contributed by atoms with E-state index in [4.69, 9.17) is 0 Å². The number of ketones is 1. The van der Waals surface area contributed by atoms with Crippen LogP contribution in [0.5, 0.6) is 0 Å². The third-order valence-corrected chi connectivity index (χ3v) is 8.01. The number of carboxylic acids is 1. The van der Waals surface area contributed by atoms with Crippen molar-refractivity contribution in [2.75, 3.05) is 0 Å². The molecule has 1 saturated carbocycles. The summed E-state index contributed by atoms with van der Waals surface area (Å²) in [6, 6.07) is 14.2. The van der Waals surface area contributed by atoms with Crippen LogP contribution in [0.4, 0.5) is 4.39 Å². The van der Waals surface area contributed by atoms with E-state index in [1.165, 1.54) is 29.2 Å². The number of hydrogen-bond acceptors (Lipinski definition) is 4. The van der Waals surface area contributed by atoms with Gasteiger partial charge in [-0.2, -0.15) is 0 Å². The molecule has 196 valence electrons. The number of aliphatic carboxylic acids is 1. The summed E-state index contributed by atoms with van der Waals surface area (Å²) in [5.41, 5.74) is 2.47. The largest absolute Gasteiger partial charge is 0.480 e. The molecule has 1 N–H and O–H groups in total. The summed E-state index contributed by atoms with van der Waals surface area (Å²) in [5.74, 6) is -4.21. The van der Waals surface area contributed by atoms with E-state index in [1.54, 1.807) is 42.7 Å². The first-order chi connectivity index (χ1) is 18.4. The Bertz CT molecular complexity index is 1320. The molecule has 38 heavy (non-hydrogen) atoms. The van der Waals surface area contributed by atoms with Gasteiger partial charge in [-0.1, -0.05) is 61.2 Å². The van der Waals surface area contributed by atoms with Gasteiger partial charge in [-0.3, -0.25) is 14.6 Å². The minimum atomic E-state index is -1.29. The second-order valence-electron chi connectivity index (χ2n) is 10.4. The Morgan fingerprint density at radius 1 is 0.947 bits per heavy atom. The number of carbonyl (C=O) groups excluding carboxylic acids is 2. The van der Waals surface area contributed by atoms with Gasteiger partial charge in [-0.15, -0.1) is 0 Å². The summed E-state index contributed by atoms with van der Waals surface area (Å²) in [4.78, 5) is 47.2. The number of likely N-dealkylation sites (tertiary alicyclic amines) is 1. The molecule has 1 amide bonds. The number of hydrogen-bond donors (Lipinski definition) is 1. The Kier molecular flexibility index (Phi) is 7.36. The molecule has 1 aliphatic heterocycles. The average molecular weight is 515 g/mol. The topological polar surface area (TPSA) is 87.6 Å². The number of amides is 1. The fourth-order valence-electron chi connectivity index (χ4n) is 6.31. The Morgan fingerprint density at radius 3 is 2.32 bits per heavy atom. The van der Waals surface area contributed by atoms with Crippen LogP contribution in [0.1, 0.15) is 71.1 Å². The van der Waals surface area contributed by atoms with E-state index in [0.29, 0.717) is 29.5 Å². The fraction of sp³-hybridized carbons (Fsp3) is 0.355. The molecular weight excluding hydrogens is 483 g/mol. The highest BCUT2D eigenvalue weighted by atomic mass is 19.1. The zero-order valence-electron chi connectivity index (χ0n) is 21.3. The highest BCUT2D eigenvalue weighted by Crippen LogP contribution is 2.52. The quantitative estimate of drug-likeness (QED) is 0.425. The minimum absolute atomic E-state index is 0.238. The number of rotatable bonds is 6. The van der Waals surface area contributed by atoms with Gasteiger partial charge in [0.05, 0.1) is 12.0 Å². The summed E-state index contributed by atoms with van der Waals surface area (Å²) < 4.78 is 13.9. The highest BCUT2D eigenvalue weighted by molar-refractivity contribution is 6.01. The molecule has 7 heteroatoms. The second-order valence-corrected chi connectivity index (χ2v) is 10.4. The van der Waals surface area contributed by atoms with Crippen LogP contribution in [0.3, 0.4) is 0 Å². The van der Waals surface area contributed by atoms with Crippen LogP contribution in [-0.4, -0.2) is 38.7 Å². The lowest BCUT2D eigenvalue weighted by Crippen LogP contribution is -2.46. The molecular formula is C31H31FN2O4. The van der Waals surface area contributed by atoms with Gasteiger partial charge in [-0.05, 0) is 55.2 Å². The number of nitrogens with zero attached hydrogens (tertiary/aromatic N) is 2. The van der Waals surface area contributed by atoms with Crippen LogP contribution in [0.15, 0.2) is 73.1 Å². The van der Waals surface area contributed by atoms with E-state index in [9.17, 15) is 23.9 Å². The predicted octanol–water partition coefficient (Wildman–Crippen LogP) is 5.73. The average Bonchev–Trinajstić information content (AvgIpc) is 3.30. The van der Waals surface area contributed by atoms with Crippen molar-refractivity contribution in [2.24, 2.45) is 11.8 Å². The number of carbonyl (C=O) groups is 3. The Hall–Kier alpha value is -3.87. The summed E-state index contributed by atoms with van der Waals surface area (Å²) in [6.07, 6.45) is 7.46. The zero-order chi connectivity index (χ0) is 26.8. The molecule has 0 radical (unpaired) electrons. The van der Waals surface area contributed by atoms with Crippen molar-refractivity contribution in [2.45, 2.75) is 57.0 Å². The van der Waals surface area contributed by atoms with Crippen LogP contribution >= 0.6 is 0 Å². The summed E-state index contributed by atoms with van der Waals surface area (Å²) >= 11 is 0. The van der Waals surface area contributed by atoms with Crippen molar-refractivity contribution in [3.8, 4) is 0 Å². The zero-order valence-corrected chi connectivity index (χ0v) is 21.3. The monoisotopic (exact) mass is 514 g/mol. The lowest BCUT2D eigenvalue weighted by Gasteiger charge is -2.34. The molecule has 4 unspecified atom stereocenters. The summed E-state index contributed by atoms with van der Waals surface area (Å²) in [6.45, 7) is 1.89. The first-order valence-corrected chi connectivity index (χ1v) is 13.2. The molecule has 5 rings (SSSR count). The molecule has 2 aromatic carbocycles. The maximum Gasteiger partial charge on any atom is 0.327 e. The summed E-state index contributed by atoms with van der Waals surface area (Å²) in [7, 11) is 0. The van der Waals surface area contributed by atoms with E-state index in [2.05, 4.69) is 4.98 Å². The molecule has 2 aliphatic rings. The van der Waals surface area contributed by atoms with Crippen molar-refractivity contribution in [3.05, 3.63) is 101 Å². The van der Waals surface area contributed by atoms with E-state index in [1.807, 2.05) is 13.0 Å². The molecule has 0 spiro atoms. The number of aromatic nitrogens is 1. The highest BCUT2D eigenvalue weighted by Gasteiger charge is 2.58. The summed E-state index contributed by atoms with van der Waals surface area (Å²) in [5, 5.41) is 10.6. The predicted molar refractivity (Wildman–Crippen MR) is 140 cm³/mol. The molecule has 2 fully saturated rings. The van der Waals surface area contributed by atoms with Crippen molar-refractivity contribution in [1.29, 1.82) is 0 Å². The number of benzene rings is 2. The van der Waals surface area contributed by atoms with Crippen LogP contribution in [0.2, 0.25) is 0 Å². The van der Waals surface area contributed by atoms with E-state index < -0.39 is 35.7 Å². The molecule has 2 heterocycles. The van der Waals surface area contributed by atoms with Crippen LogP contribution < -0.4 is 0 Å². The van der Waals surface area contributed by atoms with Crippen molar-refractivity contribution in [3.63, 3.8) is 0 Å². The lowest BCUT2D eigenvalue weighted by atomic mass is 9.76. The smallest absolute Gasteiger partial charge is 0.327 e. The van der Waals surface area contributed by atoms with Crippen LogP contribution in [0.25, 0.3) is 0 Å². The van der Waals surface area contributed by atoms with Crippen molar-refractivity contribution in [1.82, 2.24) is 9.88 Å². The SMILES string of the molecule is Cc1cccc(C(=O)C2C(c3ccc(F)cc3)C(C(=O)O)N(C(=O)C3CCCCC3)C2c2cccnc2)c1. The number of halogens is 1. The first kappa shape index (κ1) is 25.8. The van der Waals surface area contributed by atoms with Crippen LogP contribution in [0, 0.1) is 24.6 Å². The Morgan fingerprint density at radius 2 is 1.68 bits per heavy atom. The Balaban J connectivity index is 1.73. The molecule has 4 atom stereocenters. The molecule has 6 nitrogen and oxygen atoms in total. The van der Waals surface area contributed by atoms with Gasteiger partial charge in [0.1, 0.15) is 11.9 Å². The normalized spacial score (nSPS) is 23.8. The van der Waals surface area contributed by atoms with E-state index >= 15 is 0 Å². The first-order valence-electron chi connectivity index (χ1n) is 13.2. The third-order valence-electron chi connectivity index (χ3n) is 8.01. The molecule has 1 aliphatic carbocycles. The van der Waals surface area contributed by atoms with Gasteiger partial charge in [0, 0.05) is 29.8 Å². The standard InChI is InChI=1S/C31H31FN2O4/c1-19-7-5-10-22(17-19)29(35)26-25(20-12-14-24(32)15-13-20)28(31(37)38)34(27(26)23-11-6-16-33-18-23)30(36)21-8-3-2-4-9-21/h5-7,10-18,21,25-28H,2-4,8-9H2,1H3,(H,37,38). The van der Waals surface area contributed by atoms with Gasteiger partial charge in [-0.25, -0.2) is 9.18 Å². The fourth-order valence-corrected chi connectivity index (χ4v) is 6.31. The number of Topliss-reactive ketones (excluding diaryl/α,β-unsaturated/α-hetero) is 1. The molecule has 0 bridgehead atoms. The van der Waals surface area contributed by atoms with Crippen molar-refractivity contribution < 1.29 is 23.9 Å². The van der Waals surface area contributed by atoms with E-state index in [-0.39, 0.29) is 17.6 Å². The third kappa shape index (κ3) is 4.85. The van der Waals surface area contributed by atoms with Gasteiger partial charge in [0.25, 0.3) is 0 Å². The maximum absolute atomic E-state index is 14.3. The van der Waals surface area contributed by atoms with Gasteiger partial charge >= 0.3 is 5.97 Å². The number of carboxylic acid groups (broad SMARTS) is 1. The van der Waals surface area contributed by atoms with Gasteiger partial charge < -0.3 is 10.0 Å². The molecule has 1 saturated heterocycles. The van der Waals surface area contributed by atoms with E-state index in [0.717, 1.165) is 24.8 Å². The molecule has 1 aromatic heterocycles. The van der Waals surface area contributed by atoms with Crippen molar-refractivity contribution >= 4 is 17.7 Å². The van der Waals surface area contributed by atoms with Gasteiger partial charge in [0.15, 0.2) is 5.78 Å².